The summed E-state index contributed by atoms with van der Waals surface area (Å²) in [5.41, 5.74) is 4.94. The molecule has 5 rings (SSSR count). The minimum atomic E-state index is -0.440. The van der Waals surface area contributed by atoms with Gasteiger partial charge in [0.15, 0.2) is 5.76 Å². The van der Waals surface area contributed by atoms with E-state index < -0.39 is 5.91 Å². The number of carbonyl (C=O) groups is 1. The second-order valence-corrected chi connectivity index (χ2v) is 9.39. The van der Waals surface area contributed by atoms with Gasteiger partial charge >= 0.3 is 5.91 Å². The van der Waals surface area contributed by atoms with Gasteiger partial charge in [-0.15, -0.1) is 0 Å². The lowest BCUT2D eigenvalue weighted by atomic mass is 10.1. The Labute approximate surface area is 212 Å². The Morgan fingerprint density at radius 3 is 2.59 bits per heavy atom. The van der Waals surface area contributed by atoms with Crippen molar-refractivity contribution in [2.45, 2.75) is 6.61 Å². The van der Waals surface area contributed by atoms with Gasteiger partial charge in [0.2, 0.25) is 0 Å². The maximum absolute atomic E-state index is 12.5. The lowest BCUT2D eigenvalue weighted by Crippen LogP contribution is -2.16. The predicted octanol–water partition coefficient (Wildman–Crippen LogP) is 7.45. The third kappa shape index (κ3) is 4.90. The molecule has 0 atom stereocenters. The topological polar surface area (TPSA) is 63.8 Å². The molecule has 0 unspecified atom stereocenters. The largest absolute Gasteiger partial charge is 0.488 e. The highest BCUT2D eigenvalue weighted by Gasteiger charge is 2.14. The number of halogens is 2. The van der Waals surface area contributed by atoms with Gasteiger partial charge in [0, 0.05) is 15.4 Å². The van der Waals surface area contributed by atoms with Crippen molar-refractivity contribution in [2.75, 3.05) is 0 Å². The smallest absolute Gasteiger partial charge is 0.307 e. The maximum atomic E-state index is 12.5. The number of amides is 1. The van der Waals surface area contributed by atoms with E-state index in [1.165, 1.54) is 10.8 Å². The van der Waals surface area contributed by atoms with E-state index in [1.54, 1.807) is 12.3 Å². The van der Waals surface area contributed by atoms with Crippen molar-refractivity contribution in [3.63, 3.8) is 0 Å². The Hall–Kier alpha value is -3.42. The summed E-state index contributed by atoms with van der Waals surface area (Å²) in [6.07, 6.45) is 1.56. The summed E-state index contributed by atoms with van der Waals surface area (Å²) in [4.78, 5) is 12.5. The Kier molecular flexibility index (Phi) is 6.47. The van der Waals surface area contributed by atoms with Crippen LogP contribution >= 0.6 is 31.9 Å². The van der Waals surface area contributed by atoms with Crippen LogP contribution in [0.15, 0.2) is 103 Å². The van der Waals surface area contributed by atoms with Crippen LogP contribution in [0.4, 0.5) is 0 Å². The standard InChI is InChI=1S/C27H18Br2N2O3/c28-22-12-21-13-25(34-26(21)23(29)14-22)27(32)31-30-15-20-7-3-4-8-24(20)33-16-17-9-10-18-5-1-2-6-19(18)11-17/h1-15H,16H2,(H,31,32)/b30-15-. The summed E-state index contributed by atoms with van der Waals surface area (Å²) < 4.78 is 13.4. The SMILES string of the molecule is O=C(N/N=C\c1ccccc1OCc1ccc2ccccc2c1)c1cc2cc(Br)cc(Br)c2o1. The molecule has 5 aromatic rings. The van der Waals surface area contributed by atoms with Crippen molar-refractivity contribution < 1.29 is 13.9 Å². The van der Waals surface area contributed by atoms with E-state index in [9.17, 15) is 4.79 Å². The average Bonchev–Trinajstić information content (AvgIpc) is 3.28. The first-order valence-electron chi connectivity index (χ1n) is 10.5. The number of hydrogen-bond acceptors (Lipinski definition) is 4. The van der Waals surface area contributed by atoms with Crippen molar-refractivity contribution in [3.05, 3.63) is 111 Å². The van der Waals surface area contributed by atoms with Gasteiger partial charge in [-0.3, -0.25) is 4.79 Å². The Bertz CT molecular complexity index is 1540. The van der Waals surface area contributed by atoms with Crippen LogP contribution in [-0.2, 0) is 6.61 Å². The third-order valence-corrected chi connectivity index (χ3v) is 6.30. The number of nitrogens with zero attached hydrogens (tertiary/aromatic N) is 1. The first kappa shape index (κ1) is 22.4. The first-order valence-corrected chi connectivity index (χ1v) is 12.1. The van der Waals surface area contributed by atoms with Crippen molar-refractivity contribution in [1.29, 1.82) is 0 Å². The maximum Gasteiger partial charge on any atom is 0.307 e. The zero-order chi connectivity index (χ0) is 23.5. The quantitative estimate of drug-likeness (QED) is 0.168. The van der Waals surface area contributed by atoms with Gasteiger partial charge in [0.05, 0.1) is 10.7 Å². The second kappa shape index (κ2) is 9.83. The summed E-state index contributed by atoms with van der Waals surface area (Å²) in [7, 11) is 0. The number of fused-ring (bicyclic) bond motifs is 2. The monoisotopic (exact) mass is 576 g/mol. The van der Waals surface area contributed by atoms with Crippen molar-refractivity contribution >= 4 is 65.7 Å². The first-order chi connectivity index (χ1) is 16.6. The van der Waals surface area contributed by atoms with Crippen LogP contribution in [0.25, 0.3) is 21.7 Å². The molecule has 1 aromatic heterocycles. The highest BCUT2D eigenvalue weighted by Crippen LogP contribution is 2.31. The van der Waals surface area contributed by atoms with Crippen LogP contribution in [0, 0.1) is 0 Å². The number of hydrogen-bond donors (Lipinski definition) is 1. The van der Waals surface area contributed by atoms with Crippen molar-refractivity contribution in [2.24, 2.45) is 5.10 Å². The number of nitrogens with one attached hydrogen (secondary N) is 1. The molecule has 1 heterocycles. The van der Waals surface area contributed by atoms with Crippen LogP contribution in [0.3, 0.4) is 0 Å². The number of furan rings is 1. The molecule has 0 aliphatic rings. The molecule has 7 heteroatoms. The fourth-order valence-corrected chi connectivity index (χ4v) is 4.95. The summed E-state index contributed by atoms with van der Waals surface area (Å²) in [5.74, 6) is 0.406. The predicted molar refractivity (Wildman–Crippen MR) is 141 cm³/mol. The van der Waals surface area contributed by atoms with Gasteiger partial charge in [-0.25, -0.2) is 5.43 Å². The molecular weight excluding hydrogens is 560 g/mol. The number of ether oxygens (including phenoxy) is 1. The Morgan fingerprint density at radius 2 is 1.71 bits per heavy atom. The van der Waals surface area contributed by atoms with Crippen LogP contribution < -0.4 is 10.2 Å². The molecule has 168 valence electrons. The molecule has 1 N–H and O–H groups in total. The summed E-state index contributed by atoms with van der Waals surface area (Å²) >= 11 is 6.88. The molecule has 0 radical (unpaired) electrons. The van der Waals surface area contributed by atoms with Gasteiger partial charge in [-0.2, -0.15) is 5.10 Å². The molecule has 0 bridgehead atoms. The van der Waals surface area contributed by atoms with E-state index in [2.05, 4.69) is 72.7 Å². The molecule has 1 amide bonds. The van der Waals surface area contributed by atoms with Gasteiger partial charge < -0.3 is 9.15 Å². The van der Waals surface area contributed by atoms with E-state index >= 15 is 0 Å². The fourth-order valence-electron chi connectivity index (χ4n) is 3.61. The van der Waals surface area contributed by atoms with Gasteiger partial charge in [0.25, 0.3) is 0 Å². The number of para-hydroxylation sites is 1. The molecule has 0 aliphatic heterocycles. The number of benzene rings is 4. The number of rotatable bonds is 6. The molecular formula is C27H18Br2N2O3. The third-order valence-electron chi connectivity index (χ3n) is 5.26. The van der Waals surface area contributed by atoms with Crippen LogP contribution in [0.1, 0.15) is 21.7 Å². The van der Waals surface area contributed by atoms with Crippen LogP contribution in [0.2, 0.25) is 0 Å². The lowest BCUT2D eigenvalue weighted by molar-refractivity contribution is 0.0929. The van der Waals surface area contributed by atoms with E-state index in [4.69, 9.17) is 9.15 Å². The molecule has 34 heavy (non-hydrogen) atoms. The van der Waals surface area contributed by atoms with Crippen LogP contribution in [-0.4, -0.2) is 12.1 Å². The molecule has 0 fully saturated rings. The molecule has 0 aliphatic carbocycles. The molecule has 4 aromatic carbocycles. The normalized spacial score (nSPS) is 11.4. The van der Waals surface area contributed by atoms with Gasteiger partial charge in [-0.1, -0.05) is 64.5 Å². The fraction of sp³-hybridized carbons (Fsp3) is 0.0370. The van der Waals surface area contributed by atoms with E-state index in [1.807, 2.05) is 48.5 Å². The lowest BCUT2D eigenvalue weighted by Gasteiger charge is -2.10. The Balaban J connectivity index is 1.27. The molecule has 0 spiro atoms. The van der Waals surface area contributed by atoms with E-state index in [-0.39, 0.29) is 5.76 Å². The van der Waals surface area contributed by atoms with E-state index in [0.717, 1.165) is 25.5 Å². The zero-order valence-corrected chi connectivity index (χ0v) is 21.0. The van der Waals surface area contributed by atoms with E-state index in [0.29, 0.717) is 17.9 Å². The van der Waals surface area contributed by atoms with Gasteiger partial charge in [0.1, 0.15) is 17.9 Å². The molecule has 0 saturated carbocycles. The number of carbonyl (C=O) groups excluding carboxylic acids is 1. The van der Waals surface area contributed by atoms with Crippen molar-refractivity contribution in [1.82, 2.24) is 5.43 Å². The summed E-state index contributed by atoms with van der Waals surface area (Å²) in [6.45, 7) is 0.422. The highest BCUT2D eigenvalue weighted by atomic mass is 79.9. The van der Waals surface area contributed by atoms with Crippen LogP contribution in [0.5, 0.6) is 5.75 Å². The second-order valence-electron chi connectivity index (χ2n) is 7.62. The summed E-state index contributed by atoms with van der Waals surface area (Å²) in [6, 6.07) is 27.5. The minimum Gasteiger partial charge on any atom is -0.488 e. The highest BCUT2D eigenvalue weighted by molar-refractivity contribution is 9.11. The summed E-state index contributed by atoms with van der Waals surface area (Å²) in [5, 5.41) is 7.27. The average molecular weight is 578 g/mol. The minimum absolute atomic E-state index is 0.173. The molecule has 0 saturated heterocycles. The zero-order valence-electron chi connectivity index (χ0n) is 17.8. The van der Waals surface area contributed by atoms with Crippen molar-refractivity contribution in [3.8, 4) is 5.75 Å². The number of hydrazone groups is 1. The van der Waals surface area contributed by atoms with Gasteiger partial charge in [-0.05, 0) is 68.7 Å². The molecule has 5 nitrogen and oxygen atoms in total. The Morgan fingerprint density at radius 1 is 0.912 bits per heavy atom.